The predicted molar refractivity (Wildman–Crippen MR) is 112 cm³/mol. The van der Waals surface area contributed by atoms with Crippen molar-refractivity contribution in [3.63, 3.8) is 0 Å². The van der Waals surface area contributed by atoms with Crippen molar-refractivity contribution in [2.75, 3.05) is 19.6 Å². The van der Waals surface area contributed by atoms with Gasteiger partial charge in [0.25, 0.3) is 0 Å². The number of nitrogens with zero attached hydrogens (tertiary/aromatic N) is 5. The topological polar surface area (TPSA) is 75.9 Å². The van der Waals surface area contributed by atoms with E-state index in [1.165, 1.54) is 6.92 Å². The number of amides is 1. The first-order valence-electron chi connectivity index (χ1n) is 10.3. The lowest BCUT2D eigenvalue weighted by molar-refractivity contribution is -0.118. The van der Waals surface area contributed by atoms with Crippen molar-refractivity contribution in [1.29, 1.82) is 0 Å². The van der Waals surface area contributed by atoms with Gasteiger partial charge in [-0.2, -0.15) is 5.10 Å². The summed E-state index contributed by atoms with van der Waals surface area (Å²) in [5, 5.41) is 8.89. The van der Waals surface area contributed by atoms with Crippen LogP contribution < -0.4 is 5.32 Å². The summed E-state index contributed by atoms with van der Waals surface area (Å²) in [6, 6.07) is 10.3. The Morgan fingerprint density at radius 2 is 2.17 bits per heavy atom. The van der Waals surface area contributed by atoms with E-state index in [4.69, 9.17) is 5.10 Å². The monoisotopic (exact) mass is 392 g/mol. The van der Waals surface area contributed by atoms with Crippen molar-refractivity contribution < 1.29 is 4.79 Å². The molecule has 0 saturated carbocycles. The second-order valence-corrected chi connectivity index (χ2v) is 7.81. The number of hydrogen-bond donors (Lipinski definition) is 1. The first kappa shape index (κ1) is 19.5. The fraction of sp³-hybridized carbons (Fsp3) is 0.455. The van der Waals surface area contributed by atoms with E-state index in [0.717, 1.165) is 60.6 Å². The first-order valence-corrected chi connectivity index (χ1v) is 10.3. The zero-order valence-corrected chi connectivity index (χ0v) is 17.1. The van der Waals surface area contributed by atoms with Crippen LogP contribution in [0.5, 0.6) is 0 Å². The van der Waals surface area contributed by atoms with E-state index in [0.29, 0.717) is 19.0 Å². The molecule has 1 atom stereocenters. The lowest BCUT2D eigenvalue weighted by Crippen LogP contribution is -2.34. The summed E-state index contributed by atoms with van der Waals surface area (Å²) in [7, 11) is 0. The number of hydrogen-bond acceptors (Lipinski definition) is 5. The number of pyridine rings is 2. The number of aromatic nitrogens is 4. The van der Waals surface area contributed by atoms with E-state index in [9.17, 15) is 4.79 Å². The number of nitrogens with one attached hydrogen (secondary N) is 1. The molecule has 0 unspecified atom stereocenters. The highest BCUT2D eigenvalue weighted by Crippen LogP contribution is 2.31. The summed E-state index contributed by atoms with van der Waals surface area (Å²) in [5.74, 6) is 0.351. The Morgan fingerprint density at radius 3 is 3.00 bits per heavy atom. The Morgan fingerprint density at radius 1 is 1.28 bits per heavy atom. The summed E-state index contributed by atoms with van der Waals surface area (Å²) in [5.41, 5.74) is 4.20. The van der Waals surface area contributed by atoms with E-state index in [1.807, 2.05) is 23.7 Å². The van der Waals surface area contributed by atoms with Crippen molar-refractivity contribution in [1.82, 2.24) is 30.0 Å². The molecule has 7 heteroatoms. The fourth-order valence-corrected chi connectivity index (χ4v) is 4.17. The lowest BCUT2D eigenvalue weighted by Gasteiger charge is -2.31. The van der Waals surface area contributed by atoms with E-state index < -0.39 is 0 Å². The van der Waals surface area contributed by atoms with E-state index in [1.54, 1.807) is 6.20 Å². The highest BCUT2D eigenvalue weighted by atomic mass is 16.1. The molecule has 1 aliphatic heterocycles. The minimum Gasteiger partial charge on any atom is -0.354 e. The number of aryl methyl sites for hydroxylation is 1. The number of carbonyl (C=O) groups is 1. The van der Waals surface area contributed by atoms with Crippen molar-refractivity contribution in [2.24, 2.45) is 0 Å². The molecular formula is C22H28N6O. The van der Waals surface area contributed by atoms with Gasteiger partial charge in [-0.15, -0.1) is 0 Å². The molecule has 1 fully saturated rings. The minimum atomic E-state index is -0.0256. The van der Waals surface area contributed by atoms with Gasteiger partial charge < -0.3 is 5.32 Å². The van der Waals surface area contributed by atoms with Crippen LogP contribution in [0.3, 0.4) is 0 Å². The molecule has 3 aromatic rings. The van der Waals surface area contributed by atoms with Crippen LogP contribution in [0.1, 0.15) is 42.8 Å². The zero-order chi connectivity index (χ0) is 20.2. The van der Waals surface area contributed by atoms with Crippen LogP contribution in [0.2, 0.25) is 0 Å². The fourth-order valence-electron chi connectivity index (χ4n) is 4.17. The van der Waals surface area contributed by atoms with Gasteiger partial charge in [-0.05, 0) is 50.6 Å². The van der Waals surface area contributed by atoms with Gasteiger partial charge >= 0.3 is 0 Å². The van der Waals surface area contributed by atoms with Gasteiger partial charge in [-0.3, -0.25) is 14.7 Å². The molecule has 1 saturated heterocycles. The van der Waals surface area contributed by atoms with Crippen molar-refractivity contribution in [3.8, 4) is 0 Å². The van der Waals surface area contributed by atoms with Gasteiger partial charge in [0.15, 0.2) is 5.65 Å². The van der Waals surface area contributed by atoms with Crippen LogP contribution in [0.4, 0.5) is 0 Å². The van der Waals surface area contributed by atoms with E-state index in [-0.39, 0.29) is 5.91 Å². The number of piperidine rings is 1. The number of rotatable bonds is 6. The van der Waals surface area contributed by atoms with Crippen LogP contribution in [0.25, 0.3) is 11.0 Å². The molecule has 3 aromatic heterocycles. The third kappa shape index (κ3) is 4.62. The molecule has 1 N–H and O–H groups in total. The highest BCUT2D eigenvalue weighted by Gasteiger charge is 2.26. The maximum absolute atomic E-state index is 11.2. The van der Waals surface area contributed by atoms with Gasteiger partial charge in [0.2, 0.25) is 5.91 Å². The van der Waals surface area contributed by atoms with Crippen molar-refractivity contribution in [3.05, 3.63) is 53.6 Å². The summed E-state index contributed by atoms with van der Waals surface area (Å²) in [4.78, 5) is 22.9. The molecule has 7 nitrogen and oxygen atoms in total. The summed E-state index contributed by atoms with van der Waals surface area (Å²) >= 11 is 0. The van der Waals surface area contributed by atoms with Gasteiger partial charge in [-0.1, -0.05) is 6.07 Å². The molecule has 29 heavy (non-hydrogen) atoms. The molecule has 0 aromatic carbocycles. The van der Waals surface area contributed by atoms with Crippen LogP contribution in [0, 0.1) is 6.92 Å². The van der Waals surface area contributed by atoms with Gasteiger partial charge in [-0.25, -0.2) is 9.67 Å². The molecule has 0 aliphatic carbocycles. The quantitative estimate of drug-likeness (QED) is 0.698. The molecule has 1 amide bonds. The van der Waals surface area contributed by atoms with E-state index in [2.05, 4.69) is 38.4 Å². The Hall–Kier alpha value is -2.80. The van der Waals surface area contributed by atoms with Gasteiger partial charge in [0.1, 0.15) is 0 Å². The highest BCUT2D eigenvalue weighted by molar-refractivity contribution is 5.79. The second kappa shape index (κ2) is 8.69. The smallest absolute Gasteiger partial charge is 0.216 e. The zero-order valence-electron chi connectivity index (χ0n) is 17.1. The number of carbonyl (C=O) groups excluding carboxylic acids is 1. The largest absolute Gasteiger partial charge is 0.354 e. The summed E-state index contributed by atoms with van der Waals surface area (Å²) < 4.78 is 1.93. The molecule has 1 aliphatic rings. The van der Waals surface area contributed by atoms with Crippen molar-refractivity contribution >= 4 is 16.9 Å². The van der Waals surface area contributed by atoms with Gasteiger partial charge in [0, 0.05) is 49.8 Å². The SMILES string of the molecule is CC(=O)NCCn1nc([C@@H]2CCCN(Cc3cccc(C)n3)C2)c2cccnc21. The Kier molecular flexibility index (Phi) is 5.85. The van der Waals surface area contributed by atoms with E-state index >= 15 is 0 Å². The molecule has 4 rings (SSSR count). The summed E-state index contributed by atoms with van der Waals surface area (Å²) in [6.07, 6.45) is 4.08. The van der Waals surface area contributed by atoms with Crippen LogP contribution in [-0.4, -0.2) is 50.2 Å². The van der Waals surface area contributed by atoms with Crippen LogP contribution in [-0.2, 0) is 17.9 Å². The second-order valence-electron chi connectivity index (χ2n) is 7.81. The summed E-state index contributed by atoms with van der Waals surface area (Å²) in [6.45, 7) is 7.68. The lowest BCUT2D eigenvalue weighted by atomic mass is 9.93. The molecular weight excluding hydrogens is 364 g/mol. The average molecular weight is 393 g/mol. The Balaban J connectivity index is 1.53. The third-order valence-electron chi connectivity index (χ3n) is 5.46. The molecule has 152 valence electrons. The normalized spacial score (nSPS) is 17.5. The minimum absolute atomic E-state index is 0.0256. The van der Waals surface area contributed by atoms with Crippen LogP contribution >= 0.6 is 0 Å². The van der Waals surface area contributed by atoms with Crippen molar-refractivity contribution in [2.45, 2.75) is 45.7 Å². The first-order chi connectivity index (χ1) is 14.1. The predicted octanol–water partition coefficient (Wildman–Crippen LogP) is 2.65. The standard InChI is InChI=1S/C22H28N6O/c1-16-6-3-8-19(25-16)15-27-12-5-7-18(14-27)21-20-9-4-10-24-22(20)28(26-21)13-11-23-17(2)29/h3-4,6,8-10,18H,5,7,11-15H2,1-2H3,(H,23,29)/t18-/m1/s1. The Bertz CT molecular complexity index is 998. The molecule has 0 bridgehead atoms. The maximum Gasteiger partial charge on any atom is 0.216 e. The maximum atomic E-state index is 11.2. The average Bonchev–Trinajstić information content (AvgIpc) is 3.07. The third-order valence-corrected chi connectivity index (χ3v) is 5.46. The van der Waals surface area contributed by atoms with Crippen LogP contribution in [0.15, 0.2) is 36.5 Å². The van der Waals surface area contributed by atoms with Gasteiger partial charge in [0.05, 0.1) is 17.9 Å². The molecule has 0 radical (unpaired) electrons. The Labute approximate surface area is 171 Å². The molecule has 4 heterocycles. The number of fused-ring (bicyclic) bond motifs is 1. The molecule has 0 spiro atoms. The number of likely N-dealkylation sites (tertiary alicyclic amines) is 1.